The fourth-order valence-corrected chi connectivity index (χ4v) is 11.9. The van der Waals surface area contributed by atoms with Crippen LogP contribution in [0.15, 0.2) is 12.2 Å². The van der Waals surface area contributed by atoms with Crippen LogP contribution in [0, 0.1) is 28.1 Å². The summed E-state index contributed by atoms with van der Waals surface area (Å²) in [6.45, 7) is 5.86. The summed E-state index contributed by atoms with van der Waals surface area (Å²) in [6.07, 6.45) is -20.2. The van der Waals surface area contributed by atoms with Crippen molar-refractivity contribution < 1.29 is 89.4 Å². The molecule has 11 N–H and O–H groups in total. The first-order valence-corrected chi connectivity index (χ1v) is 19.9. The van der Waals surface area contributed by atoms with Crippen molar-refractivity contribution in [2.75, 3.05) is 19.8 Å². The highest BCUT2D eigenvalue weighted by molar-refractivity contribution is 5.77. The van der Waals surface area contributed by atoms with Crippen molar-refractivity contribution in [3.05, 3.63) is 12.2 Å². The van der Waals surface area contributed by atoms with Crippen molar-refractivity contribution in [2.24, 2.45) is 28.1 Å². The van der Waals surface area contributed by atoms with Gasteiger partial charge in [-0.05, 0) is 86.5 Å². The fraction of sp³-hybridized carbons (Fsp3) is 0.921. The number of fused-ring (bicyclic) bond motifs is 3. The van der Waals surface area contributed by atoms with E-state index in [0.717, 1.165) is 31.3 Å². The molecule has 4 aliphatic carbocycles. The lowest BCUT2D eigenvalue weighted by atomic mass is 9.41. The van der Waals surface area contributed by atoms with Crippen LogP contribution in [0.4, 0.5) is 0 Å². The Labute approximate surface area is 324 Å². The Morgan fingerprint density at radius 2 is 1.20 bits per heavy atom. The van der Waals surface area contributed by atoms with Crippen LogP contribution in [0.1, 0.15) is 71.6 Å². The second-order valence-corrected chi connectivity index (χ2v) is 18.0. The second kappa shape index (κ2) is 15.6. The Bertz CT molecular complexity index is 1450. The molecule has 7 fully saturated rings. The molecule has 0 amide bonds. The highest BCUT2D eigenvalue weighted by Gasteiger charge is 2.68. The first-order chi connectivity index (χ1) is 26.4. The minimum absolute atomic E-state index is 0.117. The van der Waals surface area contributed by atoms with Crippen LogP contribution < -0.4 is 0 Å². The molecular weight excluding hydrogens is 744 g/mol. The first kappa shape index (κ1) is 42.7. The van der Waals surface area contributed by atoms with Gasteiger partial charge in [-0.15, -0.1) is 0 Å². The molecule has 0 aromatic rings. The molecule has 320 valence electrons. The molecule has 18 nitrogen and oxygen atoms in total. The average molecular weight is 805 g/mol. The van der Waals surface area contributed by atoms with Gasteiger partial charge in [-0.2, -0.15) is 0 Å². The van der Waals surface area contributed by atoms with Gasteiger partial charge in [-0.3, -0.25) is 4.79 Å². The molecule has 3 aliphatic heterocycles. The van der Waals surface area contributed by atoms with Crippen LogP contribution in [-0.4, -0.2) is 180 Å². The molecule has 0 radical (unpaired) electrons. The molecule has 18 heteroatoms. The molecule has 21 atom stereocenters. The largest absolute Gasteiger partial charge is 0.432 e. The molecule has 4 saturated carbocycles. The molecular formula is C38H60O18. The van der Waals surface area contributed by atoms with Crippen LogP contribution in [0.25, 0.3) is 0 Å². The quantitative estimate of drug-likeness (QED) is 0.0821. The van der Waals surface area contributed by atoms with Crippen LogP contribution in [0.3, 0.4) is 0 Å². The maximum absolute atomic E-state index is 14.8. The Hall–Kier alpha value is -1.43. The summed E-state index contributed by atoms with van der Waals surface area (Å²) in [5.74, 6) is -0.612. The summed E-state index contributed by atoms with van der Waals surface area (Å²) in [7, 11) is 0. The van der Waals surface area contributed by atoms with E-state index in [1.807, 2.05) is 6.92 Å². The molecule has 3 saturated heterocycles. The van der Waals surface area contributed by atoms with E-state index in [4.69, 9.17) is 28.4 Å². The predicted molar refractivity (Wildman–Crippen MR) is 186 cm³/mol. The summed E-state index contributed by atoms with van der Waals surface area (Å²) >= 11 is 0. The van der Waals surface area contributed by atoms with Crippen molar-refractivity contribution in [1.29, 1.82) is 0 Å². The van der Waals surface area contributed by atoms with E-state index in [9.17, 15) is 61.0 Å². The lowest BCUT2D eigenvalue weighted by Gasteiger charge is -2.64. The van der Waals surface area contributed by atoms with Crippen molar-refractivity contribution in [3.63, 3.8) is 0 Å². The summed E-state index contributed by atoms with van der Waals surface area (Å²) < 4.78 is 35.3. The maximum Gasteiger partial charge on any atom is 0.314 e. The molecule has 0 aromatic heterocycles. The van der Waals surface area contributed by atoms with Crippen LogP contribution in [0.2, 0.25) is 0 Å². The highest BCUT2D eigenvalue weighted by Crippen LogP contribution is 2.73. The Morgan fingerprint density at radius 1 is 0.679 bits per heavy atom. The van der Waals surface area contributed by atoms with E-state index >= 15 is 0 Å². The van der Waals surface area contributed by atoms with Gasteiger partial charge < -0.3 is 84.6 Å². The number of carbonyl (C=O) groups excluding carboxylic acids is 1. The minimum Gasteiger partial charge on any atom is -0.432 e. The number of aliphatic hydroxyl groups is 11. The number of aliphatic hydroxyl groups excluding tert-OH is 10. The Kier molecular flexibility index (Phi) is 11.9. The Balaban J connectivity index is 1.20. The zero-order valence-corrected chi connectivity index (χ0v) is 31.8. The third kappa shape index (κ3) is 6.78. The van der Waals surface area contributed by atoms with Crippen LogP contribution >= 0.6 is 0 Å². The van der Waals surface area contributed by atoms with Crippen molar-refractivity contribution in [1.82, 2.24) is 0 Å². The van der Waals surface area contributed by atoms with Gasteiger partial charge in [-0.25, -0.2) is 0 Å². The molecule has 0 aromatic carbocycles. The topological polar surface area (TPSA) is 295 Å². The van der Waals surface area contributed by atoms with E-state index in [1.165, 1.54) is 0 Å². The number of rotatable bonds is 9. The van der Waals surface area contributed by atoms with Gasteiger partial charge in [0, 0.05) is 0 Å². The fourth-order valence-electron chi connectivity index (χ4n) is 11.9. The normalized spacial score (nSPS) is 54.6. The highest BCUT2D eigenvalue weighted by atomic mass is 16.8. The number of hydrogen-bond donors (Lipinski definition) is 11. The minimum atomic E-state index is -1.96. The number of carbonyl (C=O) groups is 1. The summed E-state index contributed by atoms with van der Waals surface area (Å²) in [6, 6.07) is 0. The van der Waals surface area contributed by atoms with Crippen LogP contribution in [0.5, 0.6) is 0 Å². The average Bonchev–Trinajstić information content (AvgIpc) is 3.35. The monoisotopic (exact) mass is 804 g/mol. The summed E-state index contributed by atoms with van der Waals surface area (Å²) in [4.78, 5) is 14.8. The molecule has 0 unspecified atom stereocenters. The molecule has 2 bridgehead atoms. The third-order valence-electron chi connectivity index (χ3n) is 14.9. The predicted octanol–water partition coefficient (Wildman–Crippen LogP) is -2.94. The van der Waals surface area contributed by atoms with Gasteiger partial charge in [-0.1, -0.05) is 19.9 Å². The lowest BCUT2D eigenvalue weighted by molar-refractivity contribution is -0.388. The van der Waals surface area contributed by atoms with Gasteiger partial charge in [0.1, 0.15) is 67.1 Å². The van der Waals surface area contributed by atoms with Crippen LogP contribution in [-0.2, 0) is 33.2 Å². The third-order valence-corrected chi connectivity index (χ3v) is 14.9. The van der Waals surface area contributed by atoms with E-state index in [2.05, 4.69) is 13.5 Å². The van der Waals surface area contributed by atoms with Gasteiger partial charge in [0.15, 0.2) is 18.7 Å². The molecule has 56 heavy (non-hydrogen) atoms. The SMILES string of the molecule is C=C1C[C@@]23CC[C@H]4[C@@](C)(CCC[C@@]4(C)C(=O)O[C@@H]4O[C@H](CO)[C@@H](O)[C@H](O[C@@H]5O[C@H](CO)[C@@H](O)[C@H](O)[C@H]5O)[C@H]4O[C@@H]4O[C@H](CO)[C@@H](O)[C@H](O)[C@H]4O)[C@@H]2CC[C@]1(O)C3. The first-order valence-electron chi connectivity index (χ1n) is 19.9. The smallest absolute Gasteiger partial charge is 0.314 e. The number of esters is 1. The summed E-state index contributed by atoms with van der Waals surface area (Å²) in [5.41, 5.74) is -1.48. The van der Waals surface area contributed by atoms with Crippen molar-refractivity contribution in [2.45, 2.75) is 169 Å². The van der Waals surface area contributed by atoms with E-state index in [-0.39, 0.29) is 22.7 Å². The van der Waals surface area contributed by atoms with Gasteiger partial charge >= 0.3 is 5.97 Å². The van der Waals surface area contributed by atoms with Crippen molar-refractivity contribution >= 4 is 5.97 Å². The van der Waals surface area contributed by atoms with Gasteiger partial charge in [0.2, 0.25) is 6.29 Å². The molecule has 1 spiro atoms. The molecule has 3 heterocycles. The second-order valence-electron chi connectivity index (χ2n) is 18.0. The summed E-state index contributed by atoms with van der Waals surface area (Å²) in [5, 5.41) is 116. The van der Waals surface area contributed by atoms with Crippen molar-refractivity contribution in [3.8, 4) is 0 Å². The zero-order chi connectivity index (χ0) is 40.7. The van der Waals surface area contributed by atoms with E-state index in [0.29, 0.717) is 32.1 Å². The lowest BCUT2D eigenvalue weighted by Crippen LogP contribution is -2.67. The van der Waals surface area contributed by atoms with E-state index < -0.39 is 129 Å². The number of hydrogen-bond acceptors (Lipinski definition) is 18. The maximum atomic E-state index is 14.8. The zero-order valence-electron chi connectivity index (χ0n) is 31.8. The molecule has 7 rings (SSSR count). The Morgan fingerprint density at radius 3 is 1.77 bits per heavy atom. The molecule has 7 aliphatic rings. The van der Waals surface area contributed by atoms with E-state index in [1.54, 1.807) is 0 Å². The standard InChI is InChI=1S/C38H60O18/c1-16-11-37-9-5-20-35(2,21(37)6-10-38(16,50)15-37)7-4-8-36(20,3)34(49)56-33-30(55-32-28(48)26(46)23(43)18(13-40)52-32)29(24(44)19(14-41)53-33)54-31-27(47)25(45)22(42)17(12-39)51-31/h17-33,39-48,50H,1,4-15H2,2-3H3/t17-,18-,19-,20+,21+,22-,23-,24-,25+,26+,27-,28-,29+,30-,31+,32+,33+,35-,36-,37-,38+/m1/s1. The van der Waals surface area contributed by atoms with Gasteiger partial charge in [0.05, 0.1) is 30.8 Å². The van der Waals surface area contributed by atoms with Gasteiger partial charge in [0.25, 0.3) is 0 Å². The number of ether oxygens (including phenoxy) is 6.